The Hall–Kier alpha value is -2.86. The van der Waals surface area contributed by atoms with Crippen molar-refractivity contribution in [2.45, 2.75) is 29.8 Å². The van der Waals surface area contributed by atoms with Gasteiger partial charge in [-0.15, -0.1) is 11.8 Å². The average Bonchev–Trinajstić information content (AvgIpc) is 2.65. The van der Waals surface area contributed by atoms with Crippen LogP contribution in [0.25, 0.3) is 0 Å². The normalized spacial score (nSPS) is 19.4. The molecule has 2 aliphatic heterocycles. The van der Waals surface area contributed by atoms with Gasteiger partial charge in [0.25, 0.3) is 0 Å². The summed E-state index contributed by atoms with van der Waals surface area (Å²) in [6, 6.07) is 7.32. The molecule has 2 N–H and O–H groups in total. The number of hydrogen-bond donors (Lipinski definition) is 2. The number of carboxylic acid groups (broad SMARTS) is 1. The molecule has 2 aliphatic rings. The quantitative estimate of drug-likeness (QED) is 0.333. The van der Waals surface area contributed by atoms with E-state index < -0.39 is 45.6 Å². The first-order valence-electron chi connectivity index (χ1n) is 8.74. The van der Waals surface area contributed by atoms with Gasteiger partial charge in [-0.3, -0.25) is 19.3 Å². The van der Waals surface area contributed by atoms with Crippen LogP contribution in [0, 0.1) is 0 Å². The topological polar surface area (TPSA) is 147 Å². The largest absolute Gasteiger partial charge is 0.477 e. The minimum Gasteiger partial charge on any atom is -0.477 e. The van der Waals surface area contributed by atoms with Crippen molar-refractivity contribution in [3.05, 3.63) is 41.6 Å². The van der Waals surface area contributed by atoms with E-state index in [1.165, 1.54) is 36.0 Å². The molecule has 1 fully saturated rings. The maximum Gasteiger partial charge on any atom is 0.352 e. The first-order chi connectivity index (χ1) is 14.1. The Morgan fingerprint density at radius 3 is 2.53 bits per heavy atom. The van der Waals surface area contributed by atoms with E-state index in [1.807, 2.05) is 0 Å². The Balaban J connectivity index is 1.86. The molecule has 1 aromatic carbocycles. The fraction of sp³-hybridized carbons (Fsp3) is 0.333. The summed E-state index contributed by atoms with van der Waals surface area (Å²) in [5.41, 5.74) is -0.370. The lowest BCUT2D eigenvalue weighted by molar-refractivity contribution is -0.149. The number of nitrogens with one attached hydrogen (secondary N) is 1. The third-order valence-electron chi connectivity index (χ3n) is 4.40. The number of hydrogen-bond acceptors (Lipinski definition) is 8. The highest BCUT2D eigenvalue weighted by molar-refractivity contribution is 8.00. The molecule has 0 aliphatic carbocycles. The number of carboxylic acids is 1. The molecule has 2 amide bonds. The second-order valence-corrected chi connectivity index (χ2v) is 9.70. The lowest BCUT2D eigenvalue weighted by Crippen LogP contribution is -2.56. The Kier molecular flexibility index (Phi) is 6.17. The molecule has 0 spiro atoms. The van der Waals surface area contributed by atoms with Crippen LogP contribution in [0.4, 0.5) is 0 Å². The van der Waals surface area contributed by atoms with Crippen LogP contribution in [-0.2, 0) is 33.8 Å². The van der Waals surface area contributed by atoms with Gasteiger partial charge in [-0.1, -0.05) is 18.2 Å². The molecule has 2 atom stereocenters. The van der Waals surface area contributed by atoms with Gasteiger partial charge in [-0.25, -0.2) is 13.2 Å². The third-order valence-corrected chi connectivity index (χ3v) is 7.27. The second-order valence-electron chi connectivity index (χ2n) is 6.54. The molecule has 10 nitrogen and oxygen atoms in total. The molecular formula is C18H18N2O8S2. The van der Waals surface area contributed by atoms with Crippen LogP contribution in [0.3, 0.4) is 0 Å². The van der Waals surface area contributed by atoms with Gasteiger partial charge in [0.2, 0.25) is 18.0 Å². The van der Waals surface area contributed by atoms with E-state index in [0.29, 0.717) is 0 Å². The van der Waals surface area contributed by atoms with E-state index in [2.05, 4.69) is 5.32 Å². The molecule has 0 radical (unpaired) electrons. The van der Waals surface area contributed by atoms with Crippen LogP contribution in [0.5, 0.6) is 0 Å². The fourth-order valence-electron chi connectivity index (χ4n) is 3.06. The third kappa shape index (κ3) is 4.49. The van der Waals surface area contributed by atoms with Gasteiger partial charge < -0.3 is 15.2 Å². The van der Waals surface area contributed by atoms with Gasteiger partial charge in [0.1, 0.15) is 11.4 Å². The van der Waals surface area contributed by atoms with Gasteiger partial charge in [0.15, 0.2) is 9.84 Å². The van der Waals surface area contributed by atoms with Crippen LogP contribution >= 0.6 is 11.8 Å². The lowest BCUT2D eigenvalue weighted by Gasteiger charge is -2.44. The summed E-state index contributed by atoms with van der Waals surface area (Å²) in [5.74, 6) is -4.45. The van der Waals surface area contributed by atoms with Crippen molar-refractivity contribution in [1.29, 1.82) is 0 Å². The van der Waals surface area contributed by atoms with Crippen LogP contribution < -0.4 is 5.32 Å². The van der Waals surface area contributed by atoms with Crippen molar-refractivity contribution in [3.8, 4) is 0 Å². The highest BCUT2D eigenvalue weighted by Gasteiger charge is 2.47. The summed E-state index contributed by atoms with van der Waals surface area (Å²) in [7, 11) is -3.97. The fourth-order valence-corrected chi connectivity index (χ4v) is 5.52. The number of rotatable bonds is 7. The van der Waals surface area contributed by atoms with E-state index >= 15 is 0 Å². The Labute approximate surface area is 176 Å². The Morgan fingerprint density at radius 1 is 1.30 bits per heavy atom. The molecule has 160 valence electrons. The number of benzene rings is 1. The summed E-state index contributed by atoms with van der Waals surface area (Å²) < 4.78 is 29.9. The minimum atomic E-state index is -3.97. The van der Waals surface area contributed by atoms with Gasteiger partial charge in [0.05, 0.1) is 16.7 Å². The molecule has 12 heteroatoms. The maximum atomic E-state index is 12.4. The smallest absolute Gasteiger partial charge is 0.352 e. The van der Waals surface area contributed by atoms with E-state index in [1.54, 1.807) is 6.07 Å². The molecule has 0 bridgehead atoms. The Morgan fingerprint density at radius 2 is 1.97 bits per heavy atom. The summed E-state index contributed by atoms with van der Waals surface area (Å²) in [5, 5.41) is 11.5. The predicted molar refractivity (Wildman–Crippen MR) is 105 cm³/mol. The van der Waals surface area contributed by atoms with Crippen molar-refractivity contribution in [2.75, 3.05) is 11.5 Å². The number of β-lactam (4-membered cyclic amide) rings is 1. The molecule has 2 heterocycles. The molecule has 0 aromatic heterocycles. The Bertz CT molecular complexity index is 1040. The van der Waals surface area contributed by atoms with E-state index in [0.717, 1.165) is 11.8 Å². The standard InChI is InChI=1S/C18H18N2O8S2/c1-10(21)28-17(12-8-29-15-7-14(23)20(15)16(12)18(24)25)19-13(22)9-30(26,27)11-5-3-2-4-6-11/h2-6,15,17H,7-9H2,1H3,(H,19,22)(H,24,25)/t15-,17?/m1/s1. The number of fused-ring (bicyclic) bond motifs is 1. The number of carbonyl (C=O) groups is 4. The summed E-state index contributed by atoms with van der Waals surface area (Å²) >= 11 is 1.26. The van der Waals surface area contributed by atoms with E-state index in [-0.39, 0.29) is 33.7 Å². The zero-order valence-electron chi connectivity index (χ0n) is 15.7. The van der Waals surface area contributed by atoms with Crippen LogP contribution in [0.2, 0.25) is 0 Å². The summed E-state index contributed by atoms with van der Waals surface area (Å²) in [4.78, 5) is 48.6. The number of carbonyl (C=O) groups excluding carboxylic acids is 3. The van der Waals surface area contributed by atoms with Gasteiger partial charge in [0, 0.05) is 18.2 Å². The average molecular weight is 454 g/mol. The van der Waals surface area contributed by atoms with Crippen molar-refractivity contribution in [1.82, 2.24) is 10.2 Å². The van der Waals surface area contributed by atoms with Crippen molar-refractivity contribution in [2.24, 2.45) is 0 Å². The molecule has 3 rings (SSSR count). The molecule has 1 saturated heterocycles. The summed E-state index contributed by atoms with van der Waals surface area (Å²) in [6.45, 7) is 1.06. The van der Waals surface area contributed by atoms with Crippen molar-refractivity contribution >= 4 is 45.4 Å². The van der Waals surface area contributed by atoms with Gasteiger partial charge >= 0.3 is 11.9 Å². The summed E-state index contributed by atoms with van der Waals surface area (Å²) in [6.07, 6.45) is -1.33. The lowest BCUT2D eigenvalue weighted by atomic mass is 10.1. The number of nitrogens with zero attached hydrogens (tertiary/aromatic N) is 1. The number of esters is 1. The van der Waals surface area contributed by atoms with Gasteiger partial charge in [-0.2, -0.15) is 0 Å². The minimum absolute atomic E-state index is 0.00235. The molecular weight excluding hydrogens is 436 g/mol. The predicted octanol–water partition coefficient (Wildman–Crippen LogP) is 0.110. The highest BCUT2D eigenvalue weighted by Crippen LogP contribution is 2.40. The maximum absolute atomic E-state index is 12.4. The molecule has 1 aromatic rings. The SMILES string of the molecule is CC(=O)OC(NC(=O)CS(=O)(=O)c1ccccc1)C1=C(C(=O)O)N2C(=O)C[C@H]2SC1. The van der Waals surface area contributed by atoms with Crippen molar-refractivity contribution < 1.29 is 37.4 Å². The number of amides is 2. The van der Waals surface area contributed by atoms with Crippen molar-refractivity contribution in [3.63, 3.8) is 0 Å². The highest BCUT2D eigenvalue weighted by atomic mass is 32.2. The van der Waals surface area contributed by atoms with Crippen LogP contribution in [0.15, 0.2) is 46.5 Å². The zero-order valence-corrected chi connectivity index (χ0v) is 17.4. The molecule has 30 heavy (non-hydrogen) atoms. The van der Waals surface area contributed by atoms with E-state index in [4.69, 9.17) is 4.74 Å². The zero-order chi connectivity index (χ0) is 22.1. The first kappa shape index (κ1) is 21.8. The van der Waals surface area contributed by atoms with Gasteiger partial charge in [-0.05, 0) is 12.1 Å². The second kappa shape index (κ2) is 8.48. The van der Waals surface area contributed by atoms with Crippen LogP contribution in [0.1, 0.15) is 13.3 Å². The van der Waals surface area contributed by atoms with E-state index in [9.17, 15) is 32.7 Å². The van der Waals surface area contributed by atoms with Crippen LogP contribution in [-0.4, -0.2) is 65.3 Å². The molecule has 1 unspecified atom stereocenters. The monoisotopic (exact) mass is 454 g/mol. The number of ether oxygens (including phenoxy) is 1. The number of sulfone groups is 1. The first-order valence-corrected chi connectivity index (χ1v) is 11.4. The number of aliphatic carboxylic acids is 1. The number of thioether (sulfide) groups is 1. The molecule has 0 saturated carbocycles.